The minimum atomic E-state index is 0. The number of rotatable bonds is 1. The van der Waals surface area contributed by atoms with E-state index in [1.54, 1.807) is 29.3 Å². The zero-order valence-electron chi connectivity index (χ0n) is 6.70. The number of pyridine rings is 1. The van der Waals surface area contributed by atoms with E-state index in [9.17, 15) is 0 Å². The van der Waals surface area contributed by atoms with Crippen molar-refractivity contribution in [3.05, 3.63) is 41.8 Å². The van der Waals surface area contributed by atoms with Crippen molar-refractivity contribution in [2.24, 2.45) is 0 Å². The van der Waals surface area contributed by atoms with Crippen molar-refractivity contribution in [1.29, 1.82) is 5.39 Å². The van der Waals surface area contributed by atoms with Crippen LogP contribution < -0.4 is 0 Å². The molecular weight excluding hydrogens is 178 g/mol. The summed E-state index contributed by atoms with van der Waals surface area (Å²) in [6, 6.07) is 5.28. The number of nitrogens with zero attached hydrogens (tertiary/aromatic N) is 5. The van der Waals surface area contributed by atoms with E-state index in [1.807, 2.05) is 12.1 Å². The summed E-state index contributed by atoms with van der Waals surface area (Å²) in [6.07, 6.45) is 5.06. The van der Waals surface area contributed by atoms with Crippen molar-refractivity contribution < 1.29 is 0 Å². The van der Waals surface area contributed by atoms with E-state index < -0.39 is 0 Å². The first-order valence-electron chi connectivity index (χ1n) is 3.71. The molecule has 2 heterocycles. The lowest BCUT2D eigenvalue weighted by Crippen LogP contribution is -1.93. The smallest absolute Gasteiger partial charge is 0.262 e. The van der Waals surface area contributed by atoms with Crippen LogP contribution in [0, 0.1) is 5.39 Å². The third-order valence-corrected chi connectivity index (χ3v) is 1.59. The molecule has 70 valence electrons. The van der Waals surface area contributed by atoms with Gasteiger partial charge in [-0.2, -0.15) is 0 Å². The van der Waals surface area contributed by atoms with Gasteiger partial charge in [0.2, 0.25) is 0 Å². The zero-order chi connectivity index (χ0) is 9.10. The van der Waals surface area contributed by atoms with Crippen molar-refractivity contribution in [2.75, 3.05) is 0 Å². The van der Waals surface area contributed by atoms with Gasteiger partial charge < -0.3 is 0 Å². The fourth-order valence-corrected chi connectivity index (χ4v) is 1.00. The highest BCUT2D eigenvalue weighted by molar-refractivity contribution is 5.36. The molecule has 0 aliphatic carbocycles. The number of diazo groups is 1. The molecular formula is C9H10N5+. The molecule has 0 amide bonds. The Morgan fingerprint density at radius 1 is 1.36 bits per heavy atom. The maximum absolute atomic E-state index is 8.43. The first-order chi connectivity index (χ1) is 6.40. The van der Waals surface area contributed by atoms with Crippen molar-refractivity contribution in [3.8, 4) is 5.69 Å². The predicted molar refractivity (Wildman–Crippen MR) is 52.8 cm³/mol. The van der Waals surface area contributed by atoms with Gasteiger partial charge in [-0.25, -0.2) is 0 Å². The minimum absolute atomic E-state index is 0. The van der Waals surface area contributed by atoms with Crippen LogP contribution in [-0.2, 0) is 0 Å². The van der Waals surface area contributed by atoms with E-state index >= 15 is 0 Å². The summed E-state index contributed by atoms with van der Waals surface area (Å²) in [4.78, 5) is 6.91. The molecule has 0 spiro atoms. The molecule has 0 N–H and O–H groups in total. The zero-order valence-corrected chi connectivity index (χ0v) is 6.70. The molecule has 0 aliphatic heterocycles. The first kappa shape index (κ1) is 9.86. The molecule has 0 saturated heterocycles. The van der Waals surface area contributed by atoms with Gasteiger partial charge in [0.1, 0.15) is 5.69 Å². The second-order valence-electron chi connectivity index (χ2n) is 2.43. The molecule has 0 aromatic carbocycles. The molecule has 0 aliphatic rings. The molecule has 0 saturated carbocycles. The number of hydrogen-bond acceptors (Lipinski definition) is 3. The third-order valence-electron chi connectivity index (χ3n) is 1.59. The second-order valence-corrected chi connectivity index (χ2v) is 2.43. The van der Waals surface area contributed by atoms with Gasteiger partial charge in [0, 0.05) is 11.2 Å². The Kier molecular flexibility index (Phi) is 2.92. The highest BCUT2D eigenvalue weighted by Crippen LogP contribution is 2.10. The maximum Gasteiger partial charge on any atom is 0.488 e. The lowest BCUT2D eigenvalue weighted by Gasteiger charge is -1.91. The molecule has 2 aromatic heterocycles. The molecule has 0 fully saturated rings. The summed E-state index contributed by atoms with van der Waals surface area (Å²) < 4.78 is 1.59. The van der Waals surface area contributed by atoms with Gasteiger partial charge in [-0.15, -0.1) is 4.68 Å². The maximum atomic E-state index is 8.43. The normalized spacial score (nSPS) is 8.79. The van der Waals surface area contributed by atoms with Crippen LogP contribution in [0.25, 0.3) is 10.7 Å². The van der Waals surface area contributed by atoms with Gasteiger partial charge in [-0.1, -0.05) is 7.43 Å². The van der Waals surface area contributed by atoms with Crippen LogP contribution in [0.15, 0.2) is 36.8 Å². The van der Waals surface area contributed by atoms with Gasteiger partial charge in [-0.3, -0.25) is 4.98 Å². The SMILES string of the molecule is C.N#[N+]c1ccn(-c2cccnc2)n1. The van der Waals surface area contributed by atoms with Gasteiger partial charge in [-0.05, 0) is 12.1 Å². The molecule has 0 radical (unpaired) electrons. The third kappa shape index (κ3) is 1.75. The molecule has 14 heavy (non-hydrogen) atoms. The number of aromatic nitrogens is 3. The lowest BCUT2D eigenvalue weighted by molar-refractivity contribution is 0.880. The van der Waals surface area contributed by atoms with Crippen molar-refractivity contribution in [2.45, 2.75) is 7.43 Å². The van der Waals surface area contributed by atoms with Crippen LogP contribution in [0.5, 0.6) is 0 Å². The minimum Gasteiger partial charge on any atom is -0.262 e. The standard InChI is InChI=1S/C8H6N5.CH4/c9-11-8-3-5-13(12-8)7-2-1-4-10-6-7;/h1-6H;1H4/q+1;. The highest BCUT2D eigenvalue weighted by Gasteiger charge is 2.10. The molecule has 0 unspecified atom stereocenters. The fourth-order valence-electron chi connectivity index (χ4n) is 1.00. The van der Waals surface area contributed by atoms with Crippen LogP contribution >= 0.6 is 0 Å². The topological polar surface area (TPSA) is 58.9 Å². The summed E-state index contributed by atoms with van der Waals surface area (Å²) in [5, 5.41) is 12.4. The average molecular weight is 188 g/mol. The molecule has 2 aromatic rings. The van der Waals surface area contributed by atoms with Crippen LogP contribution in [-0.4, -0.2) is 14.8 Å². The fraction of sp³-hybridized carbons (Fsp3) is 0.111. The Balaban J connectivity index is 0.000000980. The average Bonchev–Trinajstić information content (AvgIpc) is 2.67. The summed E-state index contributed by atoms with van der Waals surface area (Å²) >= 11 is 0. The summed E-state index contributed by atoms with van der Waals surface area (Å²) in [6.45, 7) is 0. The molecule has 5 heteroatoms. The highest BCUT2D eigenvalue weighted by atomic mass is 15.3. The van der Waals surface area contributed by atoms with Crippen LogP contribution in [0.4, 0.5) is 5.82 Å². The van der Waals surface area contributed by atoms with E-state index in [2.05, 4.69) is 15.1 Å². The van der Waals surface area contributed by atoms with Gasteiger partial charge in [0.15, 0.2) is 0 Å². The van der Waals surface area contributed by atoms with E-state index in [4.69, 9.17) is 5.39 Å². The summed E-state index contributed by atoms with van der Waals surface area (Å²) in [7, 11) is 0. The first-order valence-corrected chi connectivity index (χ1v) is 3.71. The van der Waals surface area contributed by atoms with Gasteiger partial charge in [0.25, 0.3) is 0 Å². The lowest BCUT2D eigenvalue weighted by atomic mass is 10.4. The van der Waals surface area contributed by atoms with Crippen LogP contribution in [0.1, 0.15) is 7.43 Å². The molecule has 0 atom stereocenters. The monoisotopic (exact) mass is 188 g/mol. The van der Waals surface area contributed by atoms with Crippen LogP contribution in [0.2, 0.25) is 0 Å². The molecule has 5 nitrogen and oxygen atoms in total. The summed E-state index contributed by atoms with van der Waals surface area (Å²) in [5.74, 6) is 0.281. The van der Waals surface area contributed by atoms with E-state index in [-0.39, 0.29) is 13.2 Å². The Hall–Kier alpha value is -2.22. The van der Waals surface area contributed by atoms with Crippen molar-refractivity contribution in [3.63, 3.8) is 0 Å². The molecule has 2 rings (SSSR count). The summed E-state index contributed by atoms with van der Waals surface area (Å²) in [5.41, 5.74) is 0.831. The van der Waals surface area contributed by atoms with Crippen molar-refractivity contribution in [1.82, 2.24) is 14.8 Å². The van der Waals surface area contributed by atoms with E-state index in [1.165, 1.54) is 0 Å². The number of hydrogen-bond donors (Lipinski definition) is 0. The Bertz CT molecular complexity index is 440. The second kappa shape index (κ2) is 4.14. The Morgan fingerprint density at radius 2 is 2.21 bits per heavy atom. The predicted octanol–water partition coefficient (Wildman–Crippen LogP) is 2.39. The van der Waals surface area contributed by atoms with Gasteiger partial charge >= 0.3 is 5.82 Å². The van der Waals surface area contributed by atoms with E-state index in [0.29, 0.717) is 0 Å². The van der Waals surface area contributed by atoms with Gasteiger partial charge in [0.05, 0.1) is 29.0 Å². The van der Waals surface area contributed by atoms with Crippen molar-refractivity contribution >= 4 is 5.82 Å². The largest absolute Gasteiger partial charge is 0.488 e. The quantitative estimate of drug-likeness (QED) is 0.645. The Morgan fingerprint density at radius 3 is 2.79 bits per heavy atom. The Labute approximate surface area is 81.6 Å². The molecule has 0 bridgehead atoms. The van der Waals surface area contributed by atoms with Crippen LogP contribution in [0.3, 0.4) is 0 Å². The van der Waals surface area contributed by atoms with E-state index in [0.717, 1.165) is 5.69 Å².